The van der Waals surface area contributed by atoms with E-state index < -0.39 is 71.9 Å². The van der Waals surface area contributed by atoms with Gasteiger partial charge in [0, 0.05) is 0 Å². The number of benzene rings is 4. The Bertz CT molecular complexity index is 2130. The summed E-state index contributed by atoms with van der Waals surface area (Å²) in [4.78, 5) is 30.9. The van der Waals surface area contributed by atoms with Crippen molar-refractivity contribution in [2.24, 2.45) is 0 Å². The fraction of sp³-hybridized carbons (Fsp3) is 0.227. The summed E-state index contributed by atoms with van der Waals surface area (Å²) in [6.07, 6.45) is 9.48. The van der Waals surface area contributed by atoms with E-state index in [2.05, 4.69) is 10.6 Å². The van der Waals surface area contributed by atoms with Crippen molar-refractivity contribution >= 4 is 30.9 Å². The first kappa shape index (κ1) is 38.9. The summed E-state index contributed by atoms with van der Waals surface area (Å²) < 4.78 is 81.9. The first-order chi connectivity index (χ1) is 27.8. The van der Waals surface area contributed by atoms with Crippen molar-refractivity contribution in [3.05, 3.63) is 164 Å². The summed E-state index contributed by atoms with van der Waals surface area (Å²) >= 11 is -5.43. The van der Waals surface area contributed by atoms with Gasteiger partial charge in [0.15, 0.2) is 0 Å². The quantitative estimate of drug-likeness (QED) is 0.131. The number of anilines is 2. The SMILES string of the molecule is O=C(c1ccccc1)N(CC1NCCO1)c1ccc(F)[c]([Ti]([C]2=CC=CC2)([C]2=CC=CC2)[c]2c(F)ccc(N(CC3NCCO3)C(=O)c3ccccc3)c2F)c1F. The van der Waals surface area contributed by atoms with Crippen molar-refractivity contribution in [1.29, 1.82) is 0 Å². The summed E-state index contributed by atoms with van der Waals surface area (Å²) in [7, 11) is 0. The van der Waals surface area contributed by atoms with Gasteiger partial charge in [-0.15, -0.1) is 0 Å². The van der Waals surface area contributed by atoms with Gasteiger partial charge < -0.3 is 0 Å². The van der Waals surface area contributed by atoms with Gasteiger partial charge in [0.25, 0.3) is 0 Å². The van der Waals surface area contributed by atoms with Crippen LogP contribution in [0, 0.1) is 23.3 Å². The predicted molar refractivity (Wildman–Crippen MR) is 207 cm³/mol. The molecule has 0 aromatic heterocycles. The molecule has 2 aliphatic carbocycles. The Morgan fingerprint density at radius 1 is 0.614 bits per heavy atom. The Labute approximate surface area is 331 Å². The molecule has 2 heterocycles. The molecule has 292 valence electrons. The van der Waals surface area contributed by atoms with Gasteiger partial charge in [-0.05, 0) is 0 Å². The van der Waals surface area contributed by atoms with Crippen LogP contribution in [0.1, 0.15) is 33.6 Å². The van der Waals surface area contributed by atoms with E-state index in [1.54, 1.807) is 97.1 Å². The number of carbonyl (C=O) groups is 2. The second-order valence-electron chi connectivity index (χ2n) is 14.1. The zero-order valence-electron chi connectivity index (χ0n) is 30.9. The molecule has 2 unspecified atom stereocenters. The maximum absolute atomic E-state index is 18.1. The predicted octanol–water partition coefficient (Wildman–Crippen LogP) is 6.22. The number of rotatable bonds is 12. The number of nitrogens with one attached hydrogen (secondary N) is 2. The average Bonchev–Trinajstić information content (AvgIpc) is 4.09. The van der Waals surface area contributed by atoms with Crippen LogP contribution in [0.25, 0.3) is 0 Å². The number of amides is 2. The van der Waals surface area contributed by atoms with E-state index >= 15 is 17.6 Å². The minimum atomic E-state index is -5.43. The summed E-state index contributed by atoms with van der Waals surface area (Å²) in [6, 6.07) is 21.1. The molecule has 0 bridgehead atoms. The molecule has 2 amide bonds. The van der Waals surface area contributed by atoms with Crippen molar-refractivity contribution in [3.8, 4) is 0 Å². The third-order valence-electron chi connectivity index (χ3n) is 10.8. The molecular formula is C44H40F4N4O4Ti. The summed E-state index contributed by atoms with van der Waals surface area (Å²) in [5, 5.41) is 6.30. The van der Waals surface area contributed by atoms with Crippen LogP contribution in [-0.2, 0) is 26.1 Å². The second-order valence-corrected chi connectivity index (χ2v) is 20.0. The molecule has 0 spiro atoms. The van der Waals surface area contributed by atoms with E-state index in [9.17, 15) is 9.59 Å². The van der Waals surface area contributed by atoms with E-state index in [1.165, 1.54) is 21.9 Å². The molecule has 13 heteroatoms. The second kappa shape index (κ2) is 16.9. The topological polar surface area (TPSA) is 83.1 Å². The molecule has 4 aromatic rings. The van der Waals surface area contributed by atoms with Crippen LogP contribution in [0.3, 0.4) is 0 Å². The Morgan fingerprint density at radius 3 is 1.39 bits per heavy atom. The van der Waals surface area contributed by atoms with Gasteiger partial charge >= 0.3 is 333 Å². The van der Waals surface area contributed by atoms with Gasteiger partial charge in [0.2, 0.25) is 0 Å². The first-order valence-corrected chi connectivity index (χ1v) is 22.0. The fourth-order valence-corrected chi connectivity index (χ4v) is 16.4. The molecule has 57 heavy (non-hydrogen) atoms. The number of hydrogen-bond donors (Lipinski definition) is 2. The minimum absolute atomic E-state index is 0.129. The molecular weight excluding hydrogens is 772 g/mol. The monoisotopic (exact) mass is 812 g/mol. The standard InChI is InChI=1S/2C17H15F2N2O2.2C5H5.Ti/c2*18-13-6-7-15(14(19)10-13)21(11-16-20-8-9-23-16)17(22)12-4-2-1-3-5-12;2*1-2-4-5-3-1;/h2*1-7,16,20H,8-9,11H2;2*1-3H,4H2;. The van der Waals surface area contributed by atoms with Crippen molar-refractivity contribution in [2.45, 2.75) is 25.3 Å². The van der Waals surface area contributed by atoms with Gasteiger partial charge in [-0.1, -0.05) is 0 Å². The molecule has 0 saturated carbocycles. The van der Waals surface area contributed by atoms with E-state index in [0.717, 1.165) is 12.1 Å². The van der Waals surface area contributed by atoms with Crippen LogP contribution in [-0.4, -0.2) is 63.7 Å². The van der Waals surface area contributed by atoms with Crippen LogP contribution in [0.15, 0.2) is 129 Å². The van der Waals surface area contributed by atoms with Crippen LogP contribution in [0.5, 0.6) is 0 Å². The molecule has 2 saturated heterocycles. The van der Waals surface area contributed by atoms with Crippen molar-refractivity contribution < 1.29 is 53.2 Å². The maximum atomic E-state index is 18.1. The van der Waals surface area contributed by atoms with E-state index in [0.29, 0.717) is 34.1 Å². The third-order valence-corrected chi connectivity index (χ3v) is 18.7. The summed E-state index contributed by atoms with van der Waals surface area (Å²) in [6.45, 7) is 1.51. The number of hydrogen-bond acceptors (Lipinski definition) is 6. The number of ether oxygens (including phenoxy) is 2. The first-order valence-electron chi connectivity index (χ1n) is 18.9. The molecule has 4 aliphatic rings. The molecule has 0 radical (unpaired) electrons. The Morgan fingerprint density at radius 2 is 1.04 bits per heavy atom. The van der Waals surface area contributed by atoms with Gasteiger partial charge in [-0.2, -0.15) is 0 Å². The Hall–Kier alpha value is -4.95. The molecule has 8 rings (SSSR count). The Balaban J connectivity index is 1.37. The van der Waals surface area contributed by atoms with Gasteiger partial charge in [0.05, 0.1) is 0 Å². The summed E-state index contributed by atoms with van der Waals surface area (Å²) in [5.74, 6) is -5.31. The van der Waals surface area contributed by atoms with E-state index in [4.69, 9.17) is 9.47 Å². The molecule has 2 aliphatic heterocycles. The number of nitrogens with zero attached hydrogens (tertiary/aromatic N) is 2. The van der Waals surface area contributed by atoms with Crippen molar-refractivity contribution in [2.75, 3.05) is 49.2 Å². The summed E-state index contributed by atoms with van der Waals surface area (Å²) in [5.41, 5.74) is 0.00118. The van der Waals surface area contributed by atoms with Crippen LogP contribution >= 0.6 is 0 Å². The van der Waals surface area contributed by atoms with Crippen molar-refractivity contribution in [3.63, 3.8) is 0 Å². The molecule has 8 nitrogen and oxygen atoms in total. The molecule has 2 fully saturated rings. The van der Waals surface area contributed by atoms with E-state index in [1.807, 2.05) is 0 Å². The molecule has 2 N–H and O–H groups in total. The Kier molecular flexibility index (Phi) is 11.5. The van der Waals surface area contributed by atoms with Gasteiger partial charge in [0.1, 0.15) is 0 Å². The number of carbonyl (C=O) groups excluding carboxylic acids is 2. The van der Waals surface area contributed by atoms with Crippen LogP contribution < -0.4 is 28.2 Å². The average molecular weight is 813 g/mol. The molecule has 2 atom stereocenters. The number of halogens is 4. The molecule has 4 aromatic carbocycles. The van der Waals surface area contributed by atoms with Crippen LogP contribution in [0.2, 0.25) is 0 Å². The van der Waals surface area contributed by atoms with Gasteiger partial charge in [-0.25, -0.2) is 0 Å². The third kappa shape index (κ3) is 7.38. The normalized spacial score (nSPS) is 18.9. The van der Waals surface area contributed by atoms with Crippen LogP contribution in [0.4, 0.5) is 28.9 Å². The number of allylic oxidation sites excluding steroid dienone is 8. The fourth-order valence-electron chi connectivity index (χ4n) is 8.19. The van der Waals surface area contributed by atoms with E-state index in [-0.39, 0.29) is 48.4 Å². The zero-order valence-corrected chi connectivity index (χ0v) is 32.5. The van der Waals surface area contributed by atoms with Crippen molar-refractivity contribution in [1.82, 2.24) is 10.6 Å². The zero-order chi connectivity index (χ0) is 39.5. The van der Waals surface area contributed by atoms with Gasteiger partial charge in [-0.3, -0.25) is 0 Å².